The van der Waals surface area contributed by atoms with E-state index < -0.39 is 24.9 Å². The number of alkyl halides is 3. The Morgan fingerprint density at radius 2 is 1.69 bits per heavy atom. The Morgan fingerprint density at radius 1 is 0.956 bits per heavy atom. The SMILES string of the molecule is CN1CCN(C(=O)C2CN(C(=O)c3ccc(Nc4nc5c(C6=CCN(C(=O)CCC(F)(F)F)CC6)cccn5n4)cc3)C2)CC1. The predicted octanol–water partition coefficient (Wildman–Crippen LogP) is 3.28. The number of rotatable bonds is 7. The number of nitrogens with one attached hydrogen (secondary N) is 1. The molecule has 0 aliphatic carbocycles. The highest BCUT2D eigenvalue weighted by Gasteiger charge is 2.38. The first-order valence-corrected chi connectivity index (χ1v) is 15.1. The third-order valence-corrected chi connectivity index (χ3v) is 8.61. The summed E-state index contributed by atoms with van der Waals surface area (Å²) in [6, 6.07) is 10.8. The number of nitrogens with zero attached hydrogens (tertiary/aromatic N) is 7. The van der Waals surface area contributed by atoms with Crippen molar-refractivity contribution < 1.29 is 27.6 Å². The molecule has 3 amide bonds. The van der Waals surface area contributed by atoms with Crippen LogP contribution < -0.4 is 5.32 Å². The molecule has 11 nitrogen and oxygen atoms in total. The summed E-state index contributed by atoms with van der Waals surface area (Å²) in [4.78, 5) is 49.9. The molecule has 0 unspecified atom stereocenters. The highest BCUT2D eigenvalue weighted by atomic mass is 19.4. The zero-order valence-corrected chi connectivity index (χ0v) is 25.0. The smallest absolute Gasteiger partial charge is 0.340 e. The highest BCUT2D eigenvalue weighted by molar-refractivity contribution is 5.96. The van der Waals surface area contributed by atoms with Gasteiger partial charge in [-0.2, -0.15) is 18.2 Å². The normalized spacial score (nSPS) is 18.1. The first-order chi connectivity index (χ1) is 21.5. The fraction of sp³-hybridized carbons (Fsp3) is 0.452. The van der Waals surface area contributed by atoms with Gasteiger partial charge in [0, 0.05) is 81.8 Å². The second kappa shape index (κ2) is 12.5. The summed E-state index contributed by atoms with van der Waals surface area (Å²) in [6.45, 7) is 4.62. The third-order valence-electron chi connectivity index (χ3n) is 8.61. The number of carbonyl (C=O) groups is 3. The van der Waals surface area contributed by atoms with Gasteiger partial charge in [0.05, 0.1) is 12.3 Å². The molecule has 0 bridgehead atoms. The quantitative estimate of drug-likeness (QED) is 0.430. The first-order valence-electron chi connectivity index (χ1n) is 15.1. The lowest BCUT2D eigenvalue weighted by molar-refractivity contribution is -0.148. The molecular formula is C31H35F3N8O3. The number of pyridine rings is 1. The summed E-state index contributed by atoms with van der Waals surface area (Å²) in [6.07, 6.45) is -1.91. The van der Waals surface area contributed by atoms with Gasteiger partial charge >= 0.3 is 6.18 Å². The van der Waals surface area contributed by atoms with Crippen LogP contribution in [0.25, 0.3) is 11.2 Å². The number of likely N-dealkylation sites (N-methyl/N-ethyl adjacent to an activating group) is 1. The van der Waals surface area contributed by atoms with Gasteiger partial charge in [0.1, 0.15) is 0 Å². The van der Waals surface area contributed by atoms with Crippen molar-refractivity contribution in [3.63, 3.8) is 0 Å². The van der Waals surface area contributed by atoms with Crippen molar-refractivity contribution in [2.75, 3.05) is 64.7 Å². The van der Waals surface area contributed by atoms with Gasteiger partial charge in [-0.05, 0) is 55.4 Å². The van der Waals surface area contributed by atoms with Gasteiger partial charge in [-0.25, -0.2) is 4.52 Å². The van der Waals surface area contributed by atoms with Crippen LogP contribution in [-0.2, 0) is 9.59 Å². The number of hydrogen-bond donors (Lipinski definition) is 1. The van der Waals surface area contributed by atoms with Crippen molar-refractivity contribution in [2.24, 2.45) is 5.92 Å². The van der Waals surface area contributed by atoms with Crippen LogP contribution in [0.1, 0.15) is 35.2 Å². The monoisotopic (exact) mass is 624 g/mol. The molecule has 238 valence electrons. The van der Waals surface area contributed by atoms with E-state index in [1.807, 2.05) is 30.2 Å². The number of aromatic nitrogens is 3. The standard InChI is InChI=1S/C31H35F3N8O3/c1-38-15-17-40(18-16-38)29(45)23-19-41(20-23)28(44)22-4-6-24(7-5-22)35-30-36-27-25(3-2-12-42(27)37-30)21-9-13-39(14-10-21)26(43)8-11-31(32,33)34/h2-7,9,12,23H,8,10-11,13-20H2,1H3,(H,35,37). The van der Waals surface area contributed by atoms with Crippen LogP contribution >= 0.6 is 0 Å². The van der Waals surface area contributed by atoms with Crippen LogP contribution in [-0.4, -0.2) is 118 Å². The minimum Gasteiger partial charge on any atom is -0.340 e. The van der Waals surface area contributed by atoms with Gasteiger partial charge < -0.3 is 24.9 Å². The van der Waals surface area contributed by atoms with E-state index in [4.69, 9.17) is 0 Å². The van der Waals surface area contributed by atoms with Crippen LogP contribution in [0.3, 0.4) is 0 Å². The second-order valence-electron chi connectivity index (χ2n) is 11.8. The highest BCUT2D eigenvalue weighted by Crippen LogP contribution is 2.28. The number of halogens is 3. The van der Waals surface area contributed by atoms with E-state index in [0.29, 0.717) is 48.9 Å². The number of fused-ring (bicyclic) bond motifs is 1. The summed E-state index contributed by atoms with van der Waals surface area (Å²) >= 11 is 0. The van der Waals surface area contributed by atoms with Crippen molar-refractivity contribution in [3.05, 3.63) is 59.8 Å². The molecule has 0 atom stereocenters. The zero-order valence-electron chi connectivity index (χ0n) is 25.0. The lowest BCUT2D eigenvalue weighted by Gasteiger charge is -2.42. The summed E-state index contributed by atoms with van der Waals surface area (Å²) in [5.41, 5.74) is 3.61. The number of amides is 3. The average Bonchev–Trinajstić information content (AvgIpc) is 3.42. The van der Waals surface area contributed by atoms with E-state index in [1.165, 1.54) is 4.90 Å². The Kier molecular flexibility index (Phi) is 8.49. The zero-order chi connectivity index (χ0) is 31.7. The minimum absolute atomic E-state index is 0.110. The maximum atomic E-state index is 13.0. The van der Waals surface area contributed by atoms with Crippen LogP contribution in [0.4, 0.5) is 24.8 Å². The number of piperazine rings is 1. The lowest BCUT2D eigenvalue weighted by Crippen LogP contribution is -2.58. The van der Waals surface area contributed by atoms with E-state index in [9.17, 15) is 27.6 Å². The number of anilines is 2. The van der Waals surface area contributed by atoms with Crippen LogP contribution in [0.5, 0.6) is 0 Å². The Bertz CT molecular complexity index is 1610. The molecule has 3 aliphatic rings. The van der Waals surface area contributed by atoms with Crippen LogP contribution in [0.15, 0.2) is 48.7 Å². The second-order valence-corrected chi connectivity index (χ2v) is 11.8. The Balaban J connectivity index is 1.04. The van der Waals surface area contributed by atoms with E-state index >= 15 is 0 Å². The summed E-state index contributed by atoms with van der Waals surface area (Å²) in [5, 5.41) is 7.68. The summed E-state index contributed by atoms with van der Waals surface area (Å²) in [5.74, 6) is -0.270. The van der Waals surface area contributed by atoms with Crippen molar-refractivity contribution in [2.45, 2.75) is 25.4 Å². The molecule has 2 saturated heterocycles. The largest absolute Gasteiger partial charge is 0.389 e. The number of hydrogen-bond acceptors (Lipinski definition) is 7. The molecule has 2 aromatic heterocycles. The molecule has 0 radical (unpaired) electrons. The molecule has 3 aliphatic heterocycles. The van der Waals surface area contributed by atoms with E-state index in [-0.39, 0.29) is 24.3 Å². The fourth-order valence-electron chi connectivity index (χ4n) is 5.85. The number of likely N-dealkylation sites (tertiary alicyclic amines) is 1. The molecular weight excluding hydrogens is 589 g/mol. The molecule has 1 N–H and O–H groups in total. The average molecular weight is 625 g/mol. The Hall–Kier alpha value is -4.46. The minimum atomic E-state index is -4.35. The molecule has 3 aromatic rings. The molecule has 2 fully saturated rings. The topological polar surface area (TPSA) is 106 Å². The van der Waals surface area contributed by atoms with Gasteiger partial charge in [0.25, 0.3) is 5.91 Å². The Morgan fingerprint density at radius 3 is 2.36 bits per heavy atom. The first kappa shape index (κ1) is 30.6. The van der Waals surface area contributed by atoms with Crippen LogP contribution in [0, 0.1) is 5.92 Å². The third kappa shape index (κ3) is 6.95. The summed E-state index contributed by atoms with van der Waals surface area (Å²) < 4.78 is 39.2. The van der Waals surface area contributed by atoms with Crippen molar-refractivity contribution in [3.8, 4) is 0 Å². The number of carbonyl (C=O) groups excluding carboxylic acids is 3. The Labute approximate surface area is 258 Å². The molecule has 0 spiro atoms. The van der Waals surface area contributed by atoms with E-state index in [0.717, 1.165) is 37.3 Å². The van der Waals surface area contributed by atoms with E-state index in [2.05, 4.69) is 20.3 Å². The van der Waals surface area contributed by atoms with Crippen molar-refractivity contribution in [1.29, 1.82) is 0 Å². The van der Waals surface area contributed by atoms with Gasteiger partial charge in [0.2, 0.25) is 17.8 Å². The van der Waals surface area contributed by atoms with Crippen LogP contribution in [0.2, 0.25) is 0 Å². The maximum Gasteiger partial charge on any atom is 0.389 e. The molecule has 0 saturated carbocycles. The molecule has 14 heteroatoms. The van der Waals surface area contributed by atoms with Gasteiger partial charge in [0.15, 0.2) is 5.65 Å². The van der Waals surface area contributed by atoms with Crippen molar-refractivity contribution in [1.82, 2.24) is 34.2 Å². The van der Waals surface area contributed by atoms with Gasteiger partial charge in [-0.1, -0.05) is 6.08 Å². The van der Waals surface area contributed by atoms with Gasteiger partial charge in [-0.15, -0.1) is 5.10 Å². The fourth-order valence-corrected chi connectivity index (χ4v) is 5.85. The molecule has 5 heterocycles. The lowest BCUT2D eigenvalue weighted by atomic mass is 9.96. The van der Waals surface area contributed by atoms with Gasteiger partial charge in [-0.3, -0.25) is 14.4 Å². The molecule has 1 aromatic carbocycles. The predicted molar refractivity (Wildman–Crippen MR) is 161 cm³/mol. The maximum absolute atomic E-state index is 13.0. The molecule has 45 heavy (non-hydrogen) atoms. The van der Waals surface area contributed by atoms with Crippen molar-refractivity contribution >= 4 is 40.6 Å². The molecule has 6 rings (SSSR count). The summed E-state index contributed by atoms with van der Waals surface area (Å²) in [7, 11) is 2.05. The van der Waals surface area contributed by atoms with E-state index in [1.54, 1.807) is 39.9 Å². The number of benzene rings is 1.